The third kappa shape index (κ3) is 2.74. The summed E-state index contributed by atoms with van der Waals surface area (Å²) < 4.78 is 12.3. The van der Waals surface area contributed by atoms with E-state index in [4.69, 9.17) is 9.31 Å². The second-order valence-corrected chi connectivity index (χ2v) is 6.92. The van der Waals surface area contributed by atoms with Crippen molar-refractivity contribution in [3.8, 4) is 0 Å². The summed E-state index contributed by atoms with van der Waals surface area (Å²) in [7, 11) is 1.47. The number of nitrogens with one attached hydrogen (secondary N) is 2. The number of hydrogen-bond donors (Lipinski definition) is 2. The monoisotopic (exact) mass is 289 g/mol. The summed E-state index contributed by atoms with van der Waals surface area (Å²) in [4.78, 5) is 4.48. The zero-order valence-corrected chi connectivity index (χ0v) is 13.5. The predicted molar refractivity (Wildman–Crippen MR) is 86.1 cm³/mol. The van der Waals surface area contributed by atoms with Crippen LogP contribution < -0.4 is 16.1 Å². The molecule has 0 aromatic carbocycles. The first-order valence-corrected chi connectivity index (χ1v) is 7.62. The Bertz CT molecular complexity index is 528. The van der Waals surface area contributed by atoms with Gasteiger partial charge in [0.05, 0.1) is 23.1 Å². The van der Waals surface area contributed by atoms with Gasteiger partial charge in [0.15, 0.2) is 0 Å². The highest BCUT2D eigenvalue weighted by atomic mass is 16.7. The Balaban J connectivity index is 1.89. The Morgan fingerprint density at radius 2 is 1.81 bits per heavy atom. The van der Waals surface area contributed by atoms with Crippen LogP contribution in [0.5, 0.6) is 0 Å². The molecule has 2 fully saturated rings. The molecule has 0 bridgehead atoms. The first-order chi connectivity index (χ1) is 9.82. The minimum absolute atomic E-state index is 0.345. The lowest BCUT2D eigenvalue weighted by molar-refractivity contribution is 0.00578. The van der Waals surface area contributed by atoms with Crippen molar-refractivity contribution in [3.63, 3.8) is 0 Å². The second-order valence-electron chi connectivity index (χ2n) is 6.92. The Morgan fingerprint density at radius 3 is 2.33 bits per heavy atom. The molecule has 21 heavy (non-hydrogen) atoms. The van der Waals surface area contributed by atoms with E-state index < -0.39 is 7.12 Å². The Labute approximate surface area is 127 Å². The molecule has 2 heterocycles. The van der Waals surface area contributed by atoms with Gasteiger partial charge >= 0.3 is 7.12 Å². The van der Waals surface area contributed by atoms with E-state index in [9.17, 15) is 0 Å². The molecule has 0 radical (unpaired) electrons. The molecule has 3 rings (SSSR count). The van der Waals surface area contributed by atoms with Gasteiger partial charge in [-0.1, -0.05) is 0 Å². The van der Waals surface area contributed by atoms with Crippen LogP contribution in [-0.4, -0.2) is 36.4 Å². The van der Waals surface area contributed by atoms with Crippen LogP contribution in [0.1, 0.15) is 40.5 Å². The van der Waals surface area contributed by atoms with E-state index in [0.717, 1.165) is 17.0 Å². The number of aromatic nitrogens is 1. The molecule has 1 aliphatic carbocycles. The van der Waals surface area contributed by atoms with Crippen LogP contribution in [0, 0.1) is 0 Å². The highest BCUT2D eigenvalue weighted by molar-refractivity contribution is 6.63. The van der Waals surface area contributed by atoms with Crippen LogP contribution in [-0.2, 0) is 9.31 Å². The van der Waals surface area contributed by atoms with E-state index in [-0.39, 0.29) is 11.2 Å². The molecule has 6 heteroatoms. The molecule has 0 unspecified atom stereocenters. The van der Waals surface area contributed by atoms with Crippen LogP contribution in [0.2, 0.25) is 0 Å². The maximum Gasteiger partial charge on any atom is 0.498 e. The van der Waals surface area contributed by atoms with Crippen molar-refractivity contribution in [2.45, 2.75) is 57.8 Å². The van der Waals surface area contributed by atoms with Gasteiger partial charge < -0.3 is 19.9 Å². The van der Waals surface area contributed by atoms with Crippen LogP contribution in [0.15, 0.2) is 12.3 Å². The lowest BCUT2D eigenvalue weighted by Crippen LogP contribution is -2.41. The Kier molecular flexibility index (Phi) is 3.41. The highest BCUT2D eigenvalue weighted by Crippen LogP contribution is 2.37. The van der Waals surface area contributed by atoms with Crippen molar-refractivity contribution in [1.29, 1.82) is 0 Å². The first kappa shape index (κ1) is 14.7. The maximum absolute atomic E-state index is 6.14. The fourth-order valence-corrected chi connectivity index (χ4v) is 2.38. The van der Waals surface area contributed by atoms with Gasteiger partial charge in [-0.15, -0.1) is 0 Å². The molecule has 0 amide bonds. The van der Waals surface area contributed by atoms with E-state index in [1.165, 1.54) is 12.8 Å². The maximum atomic E-state index is 6.14. The van der Waals surface area contributed by atoms with Crippen LogP contribution >= 0.6 is 0 Å². The summed E-state index contributed by atoms with van der Waals surface area (Å²) in [6, 6.07) is 2.68. The van der Waals surface area contributed by atoms with E-state index in [1.54, 1.807) is 0 Å². The molecule has 2 aliphatic rings. The fourth-order valence-electron chi connectivity index (χ4n) is 2.38. The van der Waals surface area contributed by atoms with Crippen molar-refractivity contribution >= 4 is 24.1 Å². The van der Waals surface area contributed by atoms with Crippen molar-refractivity contribution in [1.82, 2.24) is 4.98 Å². The molecule has 0 atom stereocenters. The Hall–Kier alpha value is -1.27. The van der Waals surface area contributed by atoms with E-state index in [0.29, 0.717) is 6.04 Å². The summed E-state index contributed by atoms with van der Waals surface area (Å²) in [6.07, 6.45) is 4.33. The predicted octanol–water partition coefficient (Wildman–Crippen LogP) is 2.00. The molecule has 2 N–H and O–H groups in total. The lowest BCUT2D eigenvalue weighted by Gasteiger charge is -2.32. The molecule has 1 aromatic heterocycles. The summed E-state index contributed by atoms with van der Waals surface area (Å²) in [5, 5.41) is 6.60. The van der Waals surface area contributed by atoms with Crippen molar-refractivity contribution in [2.24, 2.45) is 0 Å². The average molecular weight is 289 g/mol. The number of nitrogens with zero attached hydrogens (tertiary/aromatic N) is 1. The van der Waals surface area contributed by atoms with Crippen molar-refractivity contribution in [3.05, 3.63) is 12.3 Å². The highest BCUT2D eigenvalue weighted by Gasteiger charge is 2.52. The zero-order chi connectivity index (χ0) is 15.3. The fraction of sp³-hybridized carbons (Fsp3) is 0.667. The quantitative estimate of drug-likeness (QED) is 0.830. The number of hydrogen-bond acceptors (Lipinski definition) is 5. The van der Waals surface area contributed by atoms with Gasteiger partial charge in [-0.05, 0) is 46.6 Å². The van der Waals surface area contributed by atoms with Gasteiger partial charge in [0.25, 0.3) is 0 Å². The largest absolute Gasteiger partial charge is 0.498 e. The third-order valence-electron chi connectivity index (χ3n) is 4.61. The van der Waals surface area contributed by atoms with Crippen molar-refractivity contribution < 1.29 is 9.31 Å². The number of rotatable bonds is 4. The van der Waals surface area contributed by atoms with E-state index in [1.807, 2.05) is 13.2 Å². The molecule has 1 saturated carbocycles. The first-order valence-electron chi connectivity index (χ1n) is 7.62. The van der Waals surface area contributed by atoms with Gasteiger partial charge in [0.1, 0.15) is 5.82 Å². The van der Waals surface area contributed by atoms with Gasteiger partial charge in [-0.2, -0.15) is 0 Å². The molecular weight excluding hydrogens is 265 g/mol. The van der Waals surface area contributed by atoms with E-state index >= 15 is 0 Å². The van der Waals surface area contributed by atoms with Crippen molar-refractivity contribution in [2.75, 3.05) is 17.7 Å². The summed E-state index contributed by atoms with van der Waals surface area (Å²) in [6.45, 7) is 8.25. The van der Waals surface area contributed by atoms with Gasteiger partial charge in [-0.3, -0.25) is 0 Å². The smallest absolute Gasteiger partial charge is 0.399 e. The van der Waals surface area contributed by atoms with E-state index in [2.05, 4.69) is 49.4 Å². The molecule has 1 aromatic rings. The molecular formula is C15H24BN3O2. The minimum atomic E-state index is -0.397. The van der Waals surface area contributed by atoms with Crippen LogP contribution in [0.3, 0.4) is 0 Å². The molecule has 1 saturated heterocycles. The number of pyridine rings is 1. The Morgan fingerprint density at radius 1 is 1.19 bits per heavy atom. The number of anilines is 2. The van der Waals surface area contributed by atoms with Gasteiger partial charge in [-0.25, -0.2) is 4.98 Å². The average Bonchev–Trinajstić information content (AvgIpc) is 3.17. The minimum Gasteiger partial charge on any atom is -0.399 e. The van der Waals surface area contributed by atoms with Crippen LogP contribution in [0.4, 0.5) is 11.5 Å². The normalized spacial score (nSPS) is 23.2. The standard InChI is InChI=1S/C15H24BN3O2/c1-14(2)15(3,4)21-16(20-14)12-8-11(19-10-6-7-10)9-18-13(12)17-5/h8-10,19H,6-7H2,1-5H3,(H,17,18). The lowest BCUT2D eigenvalue weighted by atomic mass is 9.79. The summed E-state index contributed by atoms with van der Waals surface area (Å²) >= 11 is 0. The molecule has 0 spiro atoms. The molecule has 5 nitrogen and oxygen atoms in total. The zero-order valence-electron chi connectivity index (χ0n) is 13.5. The second kappa shape index (κ2) is 4.88. The SMILES string of the molecule is CNc1ncc(NC2CC2)cc1B1OC(C)(C)C(C)(C)O1. The van der Waals surface area contributed by atoms with Gasteiger partial charge in [0, 0.05) is 18.6 Å². The summed E-state index contributed by atoms with van der Waals surface area (Å²) in [5.74, 6) is 0.801. The third-order valence-corrected chi connectivity index (χ3v) is 4.61. The topological polar surface area (TPSA) is 55.4 Å². The van der Waals surface area contributed by atoms with Crippen LogP contribution in [0.25, 0.3) is 0 Å². The molecule has 1 aliphatic heterocycles. The van der Waals surface area contributed by atoms with Gasteiger partial charge in [0.2, 0.25) is 0 Å². The molecule has 114 valence electrons. The summed E-state index contributed by atoms with van der Waals surface area (Å²) in [5.41, 5.74) is 1.29.